The van der Waals surface area contributed by atoms with Gasteiger partial charge in [-0.05, 0) is 60.9 Å². The quantitative estimate of drug-likeness (QED) is 0.131. The van der Waals surface area contributed by atoms with Gasteiger partial charge in [0.1, 0.15) is 12.6 Å². The van der Waals surface area contributed by atoms with E-state index in [0.29, 0.717) is 18.0 Å². The Morgan fingerprint density at radius 1 is 0.854 bits per heavy atom. The Hall–Kier alpha value is -4.35. The SMILES string of the molecule is CCCCNC(=O)C(Cc1ccccc1)N(Cc1ccc(Br)cc1)C(=O)CN(c1ccc(C)cc1)S(=O)(=O)c1ccc(OC)c(OC)c1. The van der Waals surface area contributed by atoms with E-state index >= 15 is 0 Å². The van der Waals surface area contributed by atoms with Crippen LogP contribution in [-0.4, -0.2) is 58.5 Å². The number of hydrogen-bond donors (Lipinski definition) is 1. The van der Waals surface area contributed by atoms with Crippen molar-refractivity contribution in [3.05, 3.63) is 118 Å². The van der Waals surface area contributed by atoms with Gasteiger partial charge in [-0.2, -0.15) is 0 Å². The van der Waals surface area contributed by atoms with Gasteiger partial charge in [0, 0.05) is 30.0 Å². The van der Waals surface area contributed by atoms with Crippen molar-refractivity contribution in [2.75, 3.05) is 31.6 Å². The number of carbonyl (C=O) groups excluding carboxylic acids is 2. The van der Waals surface area contributed by atoms with Gasteiger partial charge in [-0.15, -0.1) is 0 Å². The molecule has 0 bridgehead atoms. The van der Waals surface area contributed by atoms with Crippen molar-refractivity contribution in [2.24, 2.45) is 0 Å². The van der Waals surface area contributed by atoms with Gasteiger partial charge in [0.25, 0.3) is 10.0 Å². The number of aryl methyl sites for hydroxylation is 1. The molecule has 0 radical (unpaired) electrons. The van der Waals surface area contributed by atoms with Crippen molar-refractivity contribution in [3.63, 3.8) is 0 Å². The van der Waals surface area contributed by atoms with Crippen LogP contribution in [0, 0.1) is 6.92 Å². The highest BCUT2D eigenvalue weighted by atomic mass is 79.9. The van der Waals surface area contributed by atoms with Gasteiger partial charge in [-0.1, -0.05) is 89.4 Å². The molecule has 0 aromatic heterocycles. The van der Waals surface area contributed by atoms with Crippen LogP contribution >= 0.6 is 15.9 Å². The fourth-order valence-electron chi connectivity index (χ4n) is 5.19. The molecular formula is C37H42BrN3O6S. The van der Waals surface area contributed by atoms with Crippen LogP contribution in [0.3, 0.4) is 0 Å². The van der Waals surface area contributed by atoms with E-state index in [-0.39, 0.29) is 29.5 Å². The van der Waals surface area contributed by atoms with Gasteiger partial charge in [0.2, 0.25) is 11.8 Å². The first kappa shape index (κ1) is 36.5. The van der Waals surface area contributed by atoms with E-state index in [2.05, 4.69) is 21.2 Å². The molecule has 0 fully saturated rings. The Morgan fingerprint density at radius 2 is 1.52 bits per heavy atom. The van der Waals surface area contributed by atoms with Crippen molar-refractivity contribution in [1.82, 2.24) is 10.2 Å². The largest absolute Gasteiger partial charge is 0.493 e. The number of amides is 2. The maximum atomic E-state index is 14.6. The first-order valence-electron chi connectivity index (χ1n) is 15.7. The van der Waals surface area contributed by atoms with Crippen molar-refractivity contribution in [3.8, 4) is 11.5 Å². The maximum absolute atomic E-state index is 14.6. The van der Waals surface area contributed by atoms with E-state index in [1.165, 1.54) is 37.3 Å². The Morgan fingerprint density at radius 3 is 2.15 bits per heavy atom. The molecule has 4 rings (SSSR count). The lowest BCUT2D eigenvalue weighted by molar-refractivity contribution is -0.140. The third-order valence-corrected chi connectivity index (χ3v) is 10.2. The van der Waals surface area contributed by atoms with E-state index in [9.17, 15) is 18.0 Å². The second kappa shape index (κ2) is 17.2. The zero-order chi connectivity index (χ0) is 34.7. The molecule has 1 atom stereocenters. The lowest BCUT2D eigenvalue weighted by Gasteiger charge is -2.34. The first-order chi connectivity index (χ1) is 23.1. The fourth-order valence-corrected chi connectivity index (χ4v) is 6.89. The van der Waals surface area contributed by atoms with Crippen molar-refractivity contribution < 1.29 is 27.5 Å². The molecule has 0 saturated carbocycles. The third-order valence-electron chi connectivity index (χ3n) is 7.91. The summed E-state index contributed by atoms with van der Waals surface area (Å²) in [6, 6.07) is 27.3. The van der Waals surface area contributed by atoms with Crippen LogP contribution in [0.1, 0.15) is 36.5 Å². The maximum Gasteiger partial charge on any atom is 0.264 e. The molecule has 254 valence electrons. The zero-order valence-electron chi connectivity index (χ0n) is 27.7. The average Bonchev–Trinajstić information content (AvgIpc) is 3.10. The lowest BCUT2D eigenvalue weighted by Crippen LogP contribution is -2.53. The van der Waals surface area contributed by atoms with Crippen LogP contribution in [0.2, 0.25) is 0 Å². The summed E-state index contributed by atoms with van der Waals surface area (Å²) in [4.78, 5) is 29.9. The van der Waals surface area contributed by atoms with Crippen LogP contribution in [0.15, 0.2) is 106 Å². The van der Waals surface area contributed by atoms with E-state index < -0.39 is 28.5 Å². The lowest BCUT2D eigenvalue weighted by atomic mass is 10.0. The van der Waals surface area contributed by atoms with Crippen molar-refractivity contribution in [2.45, 2.75) is 50.6 Å². The van der Waals surface area contributed by atoms with Crippen molar-refractivity contribution >= 4 is 43.5 Å². The molecule has 48 heavy (non-hydrogen) atoms. The van der Waals surface area contributed by atoms with Crippen LogP contribution in [0.25, 0.3) is 0 Å². The van der Waals surface area contributed by atoms with Gasteiger partial charge < -0.3 is 19.7 Å². The first-order valence-corrected chi connectivity index (χ1v) is 18.0. The van der Waals surface area contributed by atoms with Gasteiger partial charge in [-0.25, -0.2) is 8.42 Å². The number of halogens is 1. The summed E-state index contributed by atoms with van der Waals surface area (Å²) in [7, 11) is -1.42. The van der Waals surface area contributed by atoms with Crippen molar-refractivity contribution in [1.29, 1.82) is 0 Å². The Labute approximate surface area is 292 Å². The number of hydrogen-bond acceptors (Lipinski definition) is 6. The minimum Gasteiger partial charge on any atom is -0.493 e. The highest BCUT2D eigenvalue weighted by Gasteiger charge is 2.35. The number of methoxy groups -OCH3 is 2. The molecule has 0 spiro atoms. The van der Waals surface area contributed by atoms with Gasteiger partial charge in [0.05, 0.1) is 24.8 Å². The predicted octanol–water partition coefficient (Wildman–Crippen LogP) is 6.53. The van der Waals surface area contributed by atoms with E-state index in [4.69, 9.17) is 9.47 Å². The minimum absolute atomic E-state index is 0.0777. The fraction of sp³-hybridized carbons (Fsp3) is 0.297. The van der Waals surface area contributed by atoms with E-state index in [1.54, 1.807) is 24.3 Å². The monoisotopic (exact) mass is 735 g/mol. The molecule has 0 aliphatic carbocycles. The summed E-state index contributed by atoms with van der Waals surface area (Å²) < 4.78 is 41.4. The molecule has 1 unspecified atom stereocenters. The number of nitrogens with one attached hydrogen (secondary N) is 1. The Kier molecular flexibility index (Phi) is 13.0. The predicted molar refractivity (Wildman–Crippen MR) is 192 cm³/mol. The molecule has 4 aromatic carbocycles. The summed E-state index contributed by atoms with van der Waals surface area (Å²) >= 11 is 3.46. The number of ether oxygens (including phenoxy) is 2. The second-order valence-corrected chi connectivity index (χ2v) is 14.1. The number of benzene rings is 4. The molecule has 0 heterocycles. The molecule has 4 aromatic rings. The standard InChI is InChI=1S/C37H42BrN3O6S/c1-5-6-22-39-37(43)33(23-28-10-8-7-9-11-28)40(25-29-14-16-30(38)17-15-29)36(42)26-41(31-18-12-27(2)13-19-31)48(44,45)32-20-21-34(46-3)35(24-32)47-4/h7-21,24,33H,5-6,22-23,25-26H2,1-4H3,(H,39,43). The molecule has 2 amide bonds. The normalized spacial score (nSPS) is 11.8. The summed E-state index contributed by atoms with van der Waals surface area (Å²) in [5.74, 6) is -0.235. The third kappa shape index (κ3) is 9.38. The summed E-state index contributed by atoms with van der Waals surface area (Å²) in [6.07, 6.45) is 1.92. The smallest absolute Gasteiger partial charge is 0.264 e. The molecule has 11 heteroatoms. The second-order valence-electron chi connectivity index (χ2n) is 11.4. The number of rotatable bonds is 16. The number of nitrogens with zero attached hydrogens (tertiary/aromatic N) is 2. The topological polar surface area (TPSA) is 105 Å². The molecule has 1 N–H and O–H groups in total. The molecule has 0 aliphatic heterocycles. The zero-order valence-corrected chi connectivity index (χ0v) is 30.1. The summed E-state index contributed by atoms with van der Waals surface area (Å²) in [5, 5.41) is 3.01. The van der Waals surface area contributed by atoms with Crippen LogP contribution in [0.5, 0.6) is 11.5 Å². The average molecular weight is 737 g/mol. The highest BCUT2D eigenvalue weighted by molar-refractivity contribution is 9.10. The van der Waals surface area contributed by atoms with Gasteiger partial charge in [0.15, 0.2) is 11.5 Å². The molecule has 0 saturated heterocycles. The number of carbonyl (C=O) groups is 2. The van der Waals surface area contributed by atoms with E-state index in [1.807, 2.05) is 68.4 Å². The van der Waals surface area contributed by atoms with Gasteiger partial charge >= 0.3 is 0 Å². The number of anilines is 1. The number of unbranched alkanes of at least 4 members (excludes halogenated alkanes) is 1. The summed E-state index contributed by atoms with van der Waals surface area (Å²) in [6.45, 7) is 3.93. The van der Waals surface area contributed by atoms with Crippen LogP contribution < -0.4 is 19.1 Å². The molecular weight excluding hydrogens is 694 g/mol. The van der Waals surface area contributed by atoms with Crippen LogP contribution in [0.4, 0.5) is 5.69 Å². The van der Waals surface area contributed by atoms with Gasteiger partial charge in [-0.3, -0.25) is 13.9 Å². The molecule has 9 nitrogen and oxygen atoms in total. The minimum atomic E-state index is -4.31. The molecule has 0 aliphatic rings. The summed E-state index contributed by atoms with van der Waals surface area (Å²) in [5.41, 5.74) is 2.89. The van der Waals surface area contributed by atoms with E-state index in [0.717, 1.165) is 38.3 Å². The van der Waals surface area contributed by atoms with Crippen LogP contribution in [-0.2, 0) is 32.6 Å². The Balaban J connectivity index is 1.80. The number of sulfonamides is 1. The Bertz CT molecular complexity index is 1770. The highest BCUT2D eigenvalue weighted by Crippen LogP contribution is 2.32.